The first-order valence-electron chi connectivity index (χ1n) is 9.61. The minimum Gasteiger partial charge on any atom is -0.464 e. The highest BCUT2D eigenvalue weighted by Gasteiger charge is 2.49. The van der Waals surface area contributed by atoms with E-state index in [2.05, 4.69) is 81.1 Å². The Labute approximate surface area is 151 Å². The Morgan fingerprint density at radius 3 is 1.75 bits per heavy atom. The van der Waals surface area contributed by atoms with E-state index in [1.807, 2.05) is 0 Å². The van der Waals surface area contributed by atoms with E-state index in [0.29, 0.717) is 18.7 Å². The lowest BCUT2D eigenvalue weighted by atomic mass is 9.59. The summed E-state index contributed by atoms with van der Waals surface area (Å²) < 4.78 is 5.79. The third-order valence-corrected chi connectivity index (χ3v) is 5.62. The van der Waals surface area contributed by atoms with Gasteiger partial charge >= 0.3 is 5.97 Å². The summed E-state index contributed by atoms with van der Waals surface area (Å²) >= 11 is 0. The number of ether oxygens (including phenoxy) is 1. The third-order valence-electron chi connectivity index (χ3n) is 5.62. The van der Waals surface area contributed by atoms with Crippen LogP contribution in [0.1, 0.15) is 89.0 Å². The Hall–Kier alpha value is -0.570. The summed E-state index contributed by atoms with van der Waals surface area (Å²) in [5, 5.41) is 0. The van der Waals surface area contributed by atoms with Crippen LogP contribution >= 0.6 is 0 Å². The van der Waals surface area contributed by atoms with E-state index in [1.165, 1.54) is 0 Å². The minimum absolute atomic E-state index is 0.0447. The smallest absolute Gasteiger partial charge is 0.312 e. The summed E-state index contributed by atoms with van der Waals surface area (Å²) in [5.74, 6) is -0.0447. The van der Waals surface area contributed by atoms with Gasteiger partial charge in [-0.05, 0) is 58.3 Å². The Morgan fingerprint density at radius 2 is 1.42 bits per heavy atom. The molecule has 0 aliphatic carbocycles. The molecule has 0 aliphatic heterocycles. The molecule has 144 valence electrons. The number of esters is 1. The summed E-state index contributed by atoms with van der Waals surface area (Å²) in [6, 6.07) is 0.911. The third kappa shape index (κ3) is 6.38. The van der Waals surface area contributed by atoms with Crippen LogP contribution in [0.4, 0.5) is 0 Å². The lowest BCUT2D eigenvalue weighted by Gasteiger charge is -2.45. The molecule has 1 unspecified atom stereocenters. The fraction of sp³-hybridized carbons (Fsp3) is 0.952. The van der Waals surface area contributed by atoms with E-state index in [4.69, 9.17) is 4.74 Å². The van der Waals surface area contributed by atoms with Gasteiger partial charge in [0.1, 0.15) is 6.61 Å². The number of hydrogen-bond acceptors (Lipinski definition) is 3. The van der Waals surface area contributed by atoms with Crippen molar-refractivity contribution in [3.8, 4) is 0 Å². The van der Waals surface area contributed by atoms with Gasteiger partial charge in [0.2, 0.25) is 0 Å². The molecule has 0 amide bonds. The van der Waals surface area contributed by atoms with Gasteiger partial charge in [0.15, 0.2) is 0 Å². The lowest BCUT2D eigenvalue weighted by molar-refractivity contribution is -0.166. The minimum atomic E-state index is -0.472. The average Bonchev–Trinajstić information content (AvgIpc) is 2.40. The van der Waals surface area contributed by atoms with Gasteiger partial charge in [0.05, 0.1) is 5.41 Å². The molecule has 0 aromatic carbocycles. The van der Waals surface area contributed by atoms with Crippen molar-refractivity contribution >= 4 is 5.97 Å². The normalized spacial score (nSPS) is 15.9. The van der Waals surface area contributed by atoms with Crippen LogP contribution in [-0.2, 0) is 9.53 Å². The van der Waals surface area contributed by atoms with Crippen LogP contribution in [0.25, 0.3) is 0 Å². The van der Waals surface area contributed by atoms with Crippen molar-refractivity contribution < 1.29 is 9.53 Å². The molecule has 0 aromatic rings. The van der Waals surface area contributed by atoms with Crippen LogP contribution in [0.15, 0.2) is 0 Å². The maximum absolute atomic E-state index is 13.0. The van der Waals surface area contributed by atoms with Gasteiger partial charge in [-0.1, -0.05) is 41.5 Å². The molecule has 0 saturated carbocycles. The maximum Gasteiger partial charge on any atom is 0.312 e. The second-order valence-electron chi connectivity index (χ2n) is 9.87. The van der Waals surface area contributed by atoms with Crippen molar-refractivity contribution in [2.24, 2.45) is 16.2 Å². The van der Waals surface area contributed by atoms with Gasteiger partial charge < -0.3 is 4.74 Å². The second-order valence-corrected chi connectivity index (χ2v) is 9.87. The average molecular weight is 342 g/mol. The van der Waals surface area contributed by atoms with Gasteiger partial charge in [0, 0.05) is 18.6 Å². The molecule has 3 nitrogen and oxygen atoms in total. The van der Waals surface area contributed by atoms with Crippen molar-refractivity contribution in [2.45, 2.75) is 101 Å². The van der Waals surface area contributed by atoms with E-state index < -0.39 is 5.41 Å². The van der Waals surface area contributed by atoms with E-state index in [9.17, 15) is 4.79 Å². The molecule has 0 N–H and O–H groups in total. The fourth-order valence-corrected chi connectivity index (χ4v) is 3.55. The lowest BCUT2D eigenvalue weighted by Crippen LogP contribution is -2.46. The van der Waals surface area contributed by atoms with E-state index >= 15 is 0 Å². The topological polar surface area (TPSA) is 29.5 Å². The first-order valence-corrected chi connectivity index (χ1v) is 9.61. The molecule has 0 aliphatic rings. The van der Waals surface area contributed by atoms with Crippen LogP contribution in [0.2, 0.25) is 0 Å². The summed E-state index contributed by atoms with van der Waals surface area (Å²) in [6.07, 6.45) is 1.79. The number of carbonyl (C=O) groups excluding carboxylic acids is 1. The summed E-state index contributed by atoms with van der Waals surface area (Å²) in [5.41, 5.74) is -0.476. The summed E-state index contributed by atoms with van der Waals surface area (Å²) in [6.45, 7) is 25.2. The standard InChI is InChI=1S/C21H43NO2/c1-12-20(9,10)21(11,15-19(6,7)8)18(23)24-14-13-22(16(2)3)17(4)5/h16-17H,12-15H2,1-11H3. The fourth-order valence-electron chi connectivity index (χ4n) is 3.55. The molecule has 0 rings (SSSR count). The zero-order chi connectivity index (χ0) is 19.3. The summed E-state index contributed by atoms with van der Waals surface area (Å²) in [7, 11) is 0. The van der Waals surface area contributed by atoms with Gasteiger partial charge in [-0.25, -0.2) is 0 Å². The van der Waals surface area contributed by atoms with Gasteiger partial charge in [-0.2, -0.15) is 0 Å². The SMILES string of the molecule is CCC(C)(C)C(C)(CC(C)(C)C)C(=O)OCCN(C(C)C)C(C)C. The monoisotopic (exact) mass is 341 g/mol. The van der Waals surface area contributed by atoms with Crippen molar-refractivity contribution in [2.75, 3.05) is 13.2 Å². The first-order chi connectivity index (χ1) is 10.7. The summed E-state index contributed by atoms with van der Waals surface area (Å²) in [4.78, 5) is 15.4. The largest absolute Gasteiger partial charge is 0.464 e. The van der Waals surface area contributed by atoms with Crippen LogP contribution in [0.3, 0.4) is 0 Å². The molecule has 0 heterocycles. The Kier molecular flexibility index (Phi) is 8.48. The Morgan fingerprint density at radius 1 is 0.958 bits per heavy atom. The van der Waals surface area contributed by atoms with E-state index in [0.717, 1.165) is 19.4 Å². The van der Waals surface area contributed by atoms with Crippen molar-refractivity contribution in [3.05, 3.63) is 0 Å². The van der Waals surface area contributed by atoms with Crippen molar-refractivity contribution in [3.63, 3.8) is 0 Å². The predicted molar refractivity (Wildman–Crippen MR) is 104 cm³/mol. The Balaban J connectivity index is 5.10. The first kappa shape index (κ1) is 23.4. The molecular weight excluding hydrogens is 298 g/mol. The molecule has 0 spiro atoms. The number of hydrogen-bond donors (Lipinski definition) is 0. The molecule has 3 heteroatoms. The predicted octanol–water partition coefficient (Wildman–Crippen LogP) is 5.53. The van der Waals surface area contributed by atoms with Crippen LogP contribution in [0.5, 0.6) is 0 Å². The molecule has 0 radical (unpaired) electrons. The molecule has 0 fully saturated rings. The van der Waals surface area contributed by atoms with Gasteiger partial charge in [0.25, 0.3) is 0 Å². The van der Waals surface area contributed by atoms with E-state index in [-0.39, 0.29) is 16.8 Å². The molecule has 24 heavy (non-hydrogen) atoms. The zero-order valence-electron chi connectivity index (χ0n) is 18.2. The highest BCUT2D eigenvalue weighted by Crippen LogP contribution is 2.49. The quantitative estimate of drug-likeness (QED) is 0.517. The van der Waals surface area contributed by atoms with Crippen LogP contribution < -0.4 is 0 Å². The highest BCUT2D eigenvalue weighted by molar-refractivity contribution is 5.77. The molecule has 0 aromatic heterocycles. The second kappa shape index (κ2) is 8.69. The number of carbonyl (C=O) groups is 1. The molecule has 0 saturated heterocycles. The molecular formula is C21H43NO2. The van der Waals surface area contributed by atoms with Crippen LogP contribution in [-0.4, -0.2) is 36.1 Å². The van der Waals surface area contributed by atoms with Crippen LogP contribution in [0, 0.1) is 16.2 Å². The maximum atomic E-state index is 13.0. The van der Waals surface area contributed by atoms with Gasteiger partial charge in [-0.15, -0.1) is 0 Å². The highest BCUT2D eigenvalue weighted by atomic mass is 16.5. The van der Waals surface area contributed by atoms with Gasteiger partial charge in [-0.3, -0.25) is 9.69 Å². The number of nitrogens with zero attached hydrogens (tertiary/aromatic N) is 1. The molecule has 0 bridgehead atoms. The Bertz CT molecular complexity index is 385. The number of rotatable bonds is 9. The van der Waals surface area contributed by atoms with Crippen molar-refractivity contribution in [1.82, 2.24) is 4.90 Å². The van der Waals surface area contributed by atoms with E-state index in [1.54, 1.807) is 0 Å². The molecule has 1 atom stereocenters. The van der Waals surface area contributed by atoms with Crippen molar-refractivity contribution in [1.29, 1.82) is 0 Å². The zero-order valence-corrected chi connectivity index (χ0v) is 18.2.